The summed E-state index contributed by atoms with van der Waals surface area (Å²) in [5.74, 6) is 1.40. The van der Waals surface area contributed by atoms with Gasteiger partial charge < -0.3 is 14.4 Å². The van der Waals surface area contributed by atoms with Gasteiger partial charge in [0.25, 0.3) is 0 Å². The molecule has 1 aliphatic heterocycles. The van der Waals surface area contributed by atoms with Gasteiger partial charge in [-0.05, 0) is 13.3 Å². The lowest BCUT2D eigenvalue weighted by molar-refractivity contribution is 0.0600. The van der Waals surface area contributed by atoms with Crippen LogP contribution < -0.4 is 4.90 Å². The molecule has 104 valence electrons. The second kappa shape index (κ2) is 5.97. The van der Waals surface area contributed by atoms with Crippen LogP contribution in [0.4, 0.5) is 5.82 Å². The normalized spacial score (nSPS) is 18.7. The number of aryl methyl sites for hydroxylation is 1. The zero-order chi connectivity index (χ0) is 13.8. The fourth-order valence-electron chi connectivity index (χ4n) is 2.35. The Balaban J connectivity index is 2.24. The first-order chi connectivity index (χ1) is 9.15. The highest BCUT2D eigenvalue weighted by molar-refractivity contribution is 5.94. The van der Waals surface area contributed by atoms with Gasteiger partial charge in [0, 0.05) is 32.3 Å². The Morgan fingerprint density at radius 1 is 1.53 bits per heavy atom. The van der Waals surface area contributed by atoms with Crippen LogP contribution in [0.3, 0.4) is 0 Å². The Kier molecular flexibility index (Phi) is 4.31. The molecule has 1 atom stereocenters. The van der Waals surface area contributed by atoms with E-state index in [4.69, 9.17) is 9.47 Å². The highest BCUT2D eigenvalue weighted by Gasteiger charge is 2.27. The zero-order valence-corrected chi connectivity index (χ0v) is 11.5. The molecule has 1 aromatic heterocycles. The first-order valence-electron chi connectivity index (χ1n) is 6.31. The van der Waals surface area contributed by atoms with Crippen LogP contribution >= 0.6 is 0 Å². The Hall–Kier alpha value is -1.69. The largest absolute Gasteiger partial charge is 0.465 e. The zero-order valence-electron chi connectivity index (χ0n) is 11.5. The van der Waals surface area contributed by atoms with Crippen LogP contribution in [0.1, 0.15) is 22.6 Å². The molecule has 19 heavy (non-hydrogen) atoms. The molecule has 0 N–H and O–H groups in total. The monoisotopic (exact) mass is 265 g/mol. The van der Waals surface area contributed by atoms with E-state index in [9.17, 15) is 4.79 Å². The number of hydrogen-bond acceptors (Lipinski definition) is 6. The lowest BCUT2D eigenvalue weighted by Crippen LogP contribution is -2.25. The van der Waals surface area contributed by atoms with Crippen molar-refractivity contribution >= 4 is 11.8 Å². The van der Waals surface area contributed by atoms with Gasteiger partial charge in [0.05, 0.1) is 13.7 Å². The summed E-state index contributed by atoms with van der Waals surface area (Å²) in [5.41, 5.74) is 0.422. The maximum Gasteiger partial charge on any atom is 0.343 e. The van der Waals surface area contributed by atoms with E-state index in [-0.39, 0.29) is 0 Å². The first-order valence-corrected chi connectivity index (χ1v) is 6.31. The number of ether oxygens (including phenoxy) is 2. The molecule has 1 fully saturated rings. The second-order valence-electron chi connectivity index (χ2n) is 4.70. The molecule has 0 amide bonds. The Bertz CT molecular complexity index is 464. The topological polar surface area (TPSA) is 64.5 Å². The third kappa shape index (κ3) is 3.01. The van der Waals surface area contributed by atoms with Crippen molar-refractivity contribution < 1.29 is 14.3 Å². The van der Waals surface area contributed by atoms with Crippen molar-refractivity contribution in [2.45, 2.75) is 13.3 Å². The second-order valence-corrected chi connectivity index (χ2v) is 4.70. The van der Waals surface area contributed by atoms with Crippen LogP contribution in [-0.2, 0) is 9.47 Å². The van der Waals surface area contributed by atoms with E-state index >= 15 is 0 Å². The lowest BCUT2D eigenvalue weighted by atomic mass is 10.1. The minimum absolute atomic E-state index is 0.398. The maximum absolute atomic E-state index is 11.8. The molecular weight excluding hydrogens is 246 g/mol. The van der Waals surface area contributed by atoms with Gasteiger partial charge >= 0.3 is 5.97 Å². The smallest absolute Gasteiger partial charge is 0.343 e. The molecule has 0 bridgehead atoms. The molecule has 0 saturated carbocycles. The summed E-state index contributed by atoms with van der Waals surface area (Å²) in [6, 6.07) is 0. The van der Waals surface area contributed by atoms with Crippen molar-refractivity contribution in [3.8, 4) is 0 Å². The van der Waals surface area contributed by atoms with Gasteiger partial charge in [0.15, 0.2) is 0 Å². The van der Waals surface area contributed by atoms with Crippen molar-refractivity contribution in [2.75, 3.05) is 38.8 Å². The van der Waals surface area contributed by atoms with Crippen molar-refractivity contribution in [1.82, 2.24) is 9.97 Å². The van der Waals surface area contributed by atoms with Crippen molar-refractivity contribution in [3.05, 3.63) is 17.6 Å². The summed E-state index contributed by atoms with van der Waals surface area (Å²) in [6.45, 7) is 4.25. The summed E-state index contributed by atoms with van der Waals surface area (Å²) in [5, 5.41) is 0. The Morgan fingerprint density at radius 2 is 2.32 bits per heavy atom. The average Bonchev–Trinajstić information content (AvgIpc) is 2.87. The van der Waals surface area contributed by atoms with Gasteiger partial charge in [0.2, 0.25) is 0 Å². The third-order valence-electron chi connectivity index (χ3n) is 3.28. The van der Waals surface area contributed by atoms with Crippen LogP contribution in [0.5, 0.6) is 0 Å². The maximum atomic E-state index is 11.8. The number of carbonyl (C=O) groups excluding carboxylic acids is 1. The predicted molar refractivity (Wildman–Crippen MR) is 70.3 cm³/mol. The van der Waals surface area contributed by atoms with E-state index < -0.39 is 5.97 Å². The number of carbonyl (C=O) groups is 1. The van der Waals surface area contributed by atoms with Gasteiger partial charge in [-0.15, -0.1) is 0 Å². The Labute approximate surface area is 112 Å². The van der Waals surface area contributed by atoms with Crippen molar-refractivity contribution in [3.63, 3.8) is 0 Å². The van der Waals surface area contributed by atoms with Crippen LogP contribution in [0.25, 0.3) is 0 Å². The summed E-state index contributed by atoms with van der Waals surface area (Å²) in [4.78, 5) is 22.3. The van der Waals surface area contributed by atoms with Crippen molar-refractivity contribution in [2.24, 2.45) is 5.92 Å². The van der Waals surface area contributed by atoms with Crippen molar-refractivity contribution in [1.29, 1.82) is 0 Å². The summed E-state index contributed by atoms with van der Waals surface area (Å²) < 4.78 is 9.96. The molecule has 2 rings (SSSR count). The van der Waals surface area contributed by atoms with Crippen LogP contribution in [0.2, 0.25) is 0 Å². The molecular formula is C13H19N3O3. The first kappa shape index (κ1) is 13.7. The summed E-state index contributed by atoms with van der Waals surface area (Å²) in [6.07, 6.45) is 2.57. The molecule has 1 saturated heterocycles. The van der Waals surface area contributed by atoms with Crippen LogP contribution in [0, 0.1) is 12.8 Å². The summed E-state index contributed by atoms with van der Waals surface area (Å²) in [7, 11) is 3.07. The lowest BCUT2D eigenvalue weighted by Gasteiger charge is -2.20. The van der Waals surface area contributed by atoms with Crippen LogP contribution in [-0.4, -0.2) is 49.9 Å². The van der Waals surface area contributed by atoms with E-state index in [1.807, 2.05) is 6.92 Å². The van der Waals surface area contributed by atoms with E-state index in [1.165, 1.54) is 13.3 Å². The molecule has 0 spiro atoms. The number of anilines is 1. The molecule has 2 heterocycles. The van der Waals surface area contributed by atoms with E-state index in [0.717, 1.165) is 26.1 Å². The average molecular weight is 265 g/mol. The molecule has 0 aliphatic carbocycles. The van der Waals surface area contributed by atoms with Gasteiger partial charge in [-0.1, -0.05) is 0 Å². The molecule has 1 aromatic rings. The highest BCUT2D eigenvalue weighted by atomic mass is 16.5. The minimum atomic E-state index is -0.398. The molecule has 1 aliphatic rings. The van der Waals surface area contributed by atoms with E-state index in [2.05, 4.69) is 14.9 Å². The van der Waals surface area contributed by atoms with E-state index in [1.54, 1.807) is 7.11 Å². The SMILES string of the molecule is COCC1CCN(c2nc(C)ncc2C(=O)OC)C1. The number of rotatable bonds is 4. The fraction of sp³-hybridized carbons (Fsp3) is 0.615. The quantitative estimate of drug-likeness (QED) is 0.758. The third-order valence-corrected chi connectivity index (χ3v) is 3.28. The number of nitrogens with zero attached hydrogens (tertiary/aromatic N) is 3. The van der Waals surface area contributed by atoms with Crippen LogP contribution in [0.15, 0.2) is 6.20 Å². The minimum Gasteiger partial charge on any atom is -0.465 e. The number of esters is 1. The Morgan fingerprint density at radius 3 is 3.00 bits per heavy atom. The molecule has 0 radical (unpaired) electrons. The van der Waals surface area contributed by atoms with Gasteiger partial charge in [-0.2, -0.15) is 0 Å². The fourth-order valence-corrected chi connectivity index (χ4v) is 2.35. The molecule has 6 heteroatoms. The van der Waals surface area contributed by atoms with Gasteiger partial charge in [-0.3, -0.25) is 0 Å². The number of aromatic nitrogens is 2. The highest BCUT2D eigenvalue weighted by Crippen LogP contribution is 2.25. The number of methoxy groups -OCH3 is 2. The van der Waals surface area contributed by atoms with Gasteiger partial charge in [0.1, 0.15) is 17.2 Å². The summed E-state index contributed by atoms with van der Waals surface area (Å²) >= 11 is 0. The standard InChI is InChI=1S/C13H19N3O3/c1-9-14-6-11(13(17)19-3)12(15-9)16-5-4-10(7-16)8-18-2/h6,10H,4-5,7-8H2,1-3H3. The van der Waals surface area contributed by atoms with Gasteiger partial charge in [-0.25, -0.2) is 14.8 Å². The predicted octanol–water partition coefficient (Wildman–Crippen LogP) is 1.04. The molecule has 6 nitrogen and oxygen atoms in total. The van der Waals surface area contributed by atoms with E-state index in [0.29, 0.717) is 23.1 Å². The molecule has 0 aromatic carbocycles. The number of hydrogen-bond donors (Lipinski definition) is 0. The molecule has 1 unspecified atom stereocenters.